The molecule has 3 heteroatoms. The summed E-state index contributed by atoms with van der Waals surface area (Å²) >= 11 is 0. The zero-order chi connectivity index (χ0) is 14.9. The van der Waals surface area contributed by atoms with Crippen LogP contribution in [0.2, 0.25) is 0 Å². The molecule has 21 heavy (non-hydrogen) atoms. The van der Waals surface area contributed by atoms with Gasteiger partial charge in [-0.05, 0) is 42.6 Å². The Hall–Kier alpha value is -2.15. The first-order chi connectivity index (χ1) is 10.3. The van der Waals surface area contributed by atoms with E-state index in [9.17, 15) is 5.11 Å². The lowest BCUT2D eigenvalue weighted by molar-refractivity contribution is 0.175. The van der Waals surface area contributed by atoms with Gasteiger partial charge in [-0.1, -0.05) is 42.5 Å². The van der Waals surface area contributed by atoms with Crippen LogP contribution in [0.3, 0.4) is 0 Å². The van der Waals surface area contributed by atoms with Crippen LogP contribution in [0.4, 0.5) is 0 Å². The molecule has 0 spiro atoms. The largest absolute Gasteiger partial charge is 0.387 e. The molecule has 0 aliphatic heterocycles. The quantitative estimate of drug-likeness (QED) is 0.767. The second-order valence-corrected chi connectivity index (χ2v) is 5.04. The fourth-order valence-corrected chi connectivity index (χ4v) is 2.20. The predicted molar refractivity (Wildman–Crippen MR) is 83.7 cm³/mol. The number of hydrogen-bond donors (Lipinski definition) is 2. The van der Waals surface area contributed by atoms with Gasteiger partial charge in [0, 0.05) is 6.54 Å². The van der Waals surface area contributed by atoms with E-state index in [0.29, 0.717) is 12.1 Å². The van der Waals surface area contributed by atoms with Gasteiger partial charge in [0.1, 0.15) is 0 Å². The molecule has 0 heterocycles. The number of aryl methyl sites for hydroxylation is 1. The molecular formula is C18H20N2O. The molecular weight excluding hydrogens is 260 g/mol. The molecule has 0 aliphatic carbocycles. The second kappa shape index (κ2) is 8.21. The van der Waals surface area contributed by atoms with E-state index < -0.39 is 6.10 Å². The summed E-state index contributed by atoms with van der Waals surface area (Å²) in [4.78, 5) is 0. The fourth-order valence-electron chi connectivity index (χ4n) is 2.20. The maximum Gasteiger partial charge on any atom is 0.0991 e. The van der Waals surface area contributed by atoms with Crippen molar-refractivity contribution >= 4 is 0 Å². The van der Waals surface area contributed by atoms with E-state index in [1.54, 1.807) is 24.3 Å². The first-order valence-electron chi connectivity index (χ1n) is 7.22. The smallest absolute Gasteiger partial charge is 0.0991 e. The topological polar surface area (TPSA) is 56.0 Å². The van der Waals surface area contributed by atoms with E-state index in [2.05, 4.69) is 35.7 Å². The van der Waals surface area contributed by atoms with Crippen LogP contribution < -0.4 is 5.32 Å². The molecule has 3 nitrogen and oxygen atoms in total. The highest BCUT2D eigenvalue weighted by molar-refractivity contribution is 5.32. The van der Waals surface area contributed by atoms with E-state index in [1.807, 2.05) is 6.07 Å². The van der Waals surface area contributed by atoms with E-state index in [0.717, 1.165) is 24.9 Å². The van der Waals surface area contributed by atoms with Crippen LogP contribution in [0.1, 0.15) is 29.2 Å². The van der Waals surface area contributed by atoms with Crippen LogP contribution in [-0.4, -0.2) is 18.2 Å². The molecule has 0 fully saturated rings. The minimum atomic E-state index is -0.533. The minimum Gasteiger partial charge on any atom is -0.387 e. The number of aliphatic hydroxyl groups excluding tert-OH is 1. The van der Waals surface area contributed by atoms with Gasteiger partial charge in [0.25, 0.3) is 0 Å². The molecule has 0 bridgehead atoms. The maximum absolute atomic E-state index is 10.1. The van der Waals surface area contributed by atoms with Crippen molar-refractivity contribution in [1.29, 1.82) is 5.26 Å². The Labute approximate surface area is 125 Å². The Morgan fingerprint density at radius 2 is 1.76 bits per heavy atom. The van der Waals surface area contributed by atoms with Crippen LogP contribution in [-0.2, 0) is 6.42 Å². The maximum atomic E-state index is 10.1. The molecule has 1 unspecified atom stereocenters. The number of nitrogens with zero attached hydrogens (tertiary/aromatic N) is 1. The third kappa shape index (κ3) is 5.03. The molecule has 0 saturated heterocycles. The van der Waals surface area contributed by atoms with Crippen molar-refractivity contribution in [2.45, 2.75) is 18.9 Å². The normalized spacial score (nSPS) is 11.8. The molecule has 0 radical (unpaired) electrons. The summed E-state index contributed by atoms with van der Waals surface area (Å²) in [7, 11) is 0. The molecule has 108 valence electrons. The monoisotopic (exact) mass is 280 g/mol. The lowest BCUT2D eigenvalue weighted by atomic mass is 10.1. The van der Waals surface area contributed by atoms with Crippen molar-refractivity contribution in [1.82, 2.24) is 5.32 Å². The molecule has 2 N–H and O–H groups in total. The van der Waals surface area contributed by atoms with Crippen molar-refractivity contribution in [2.75, 3.05) is 13.1 Å². The number of benzene rings is 2. The Morgan fingerprint density at radius 3 is 2.43 bits per heavy atom. The van der Waals surface area contributed by atoms with Gasteiger partial charge in [0.2, 0.25) is 0 Å². The average molecular weight is 280 g/mol. The van der Waals surface area contributed by atoms with Gasteiger partial charge in [-0.3, -0.25) is 0 Å². The summed E-state index contributed by atoms with van der Waals surface area (Å²) in [5.74, 6) is 0. The van der Waals surface area contributed by atoms with Gasteiger partial charge in [-0.25, -0.2) is 0 Å². The number of aliphatic hydroxyl groups is 1. The third-order valence-electron chi connectivity index (χ3n) is 3.42. The zero-order valence-electron chi connectivity index (χ0n) is 12.0. The molecule has 0 aliphatic rings. The summed E-state index contributed by atoms with van der Waals surface area (Å²) < 4.78 is 0. The van der Waals surface area contributed by atoms with Crippen LogP contribution >= 0.6 is 0 Å². The predicted octanol–water partition coefficient (Wildman–Crippen LogP) is 2.81. The standard InChI is InChI=1S/C18H20N2O/c19-13-16-8-10-17(11-9-16)18(21)14-20-12-4-7-15-5-2-1-3-6-15/h1-3,5-6,8-11,18,20-21H,4,7,12,14H2. The van der Waals surface area contributed by atoms with Crippen molar-refractivity contribution in [2.24, 2.45) is 0 Å². The fraction of sp³-hybridized carbons (Fsp3) is 0.278. The van der Waals surface area contributed by atoms with E-state index in [-0.39, 0.29) is 0 Å². The number of nitriles is 1. The first-order valence-corrected chi connectivity index (χ1v) is 7.22. The summed E-state index contributed by atoms with van der Waals surface area (Å²) in [6, 6.07) is 19.5. The highest BCUT2D eigenvalue weighted by atomic mass is 16.3. The van der Waals surface area contributed by atoms with Crippen molar-refractivity contribution in [3.63, 3.8) is 0 Å². The molecule has 2 rings (SSSR count). The molecule has 0 amide bonds. The van der Waals surface area contributed by atoms with Gasteiger partial charge in [0.05, 0.1) is 17.7 Å². The molecule has 0 aromatic heterocycles. The van der Waals surface area contributed by atoms with Gasteiger partial charge in [0.15, 0.2) is 0 Å². The van der Waals surface area contributed by atoms with E-state index in [1.165, 1.54) is 5.56 Å². The Bertz CT molecular complexity index is 572. The summed E-state index contributed by atoms with van der Waals surface area (Å²) in [6.07, 6.45) is 1.56. The van der Waals surface area contributed by atoms with Gasteiger partial charge in [-0.15, -0.1) is 0 Å². The highest BCUT2D eigenvalue weighted by Crippen LogP contribution is 2.12. The Balaban J connectivity index is 1.67. The van der Waals surface area contributed by atoms with Crippen LogP contribution in [0.5, 0.6) is 0 Å². The van der Waals surface area contributed by atoms with Gasteiger partial charge < -0.3 is 10.4 Å². The van der Waals surface area contributed by atoms with Crippen LogP contribution in [0.15, 0.2) is 54.6 Å². The molecule has 2 aromatic rings. The summed E-state index contributed by atoms with van der Waals surface area (Å²) in [6.45, 7) is 1.41. The Morgan fingerprint density at radius 1 is 1.05 bits per heavy atom. The average Bonchev–Trinajstić information content (AvgIpc) is 2.55. The second-order valence-electron chi connectivity index (χ2n) is 5.04. The van der Waals surface area contributed by atoms with Crippen LogP contribution in [0, 0.1) is 11.3 Å². The number of rotatable bonds is 7. The lowest BCUT2D eigenvalue weighted by Gasteiger charge is -2.12. The first kappa shape index (κ1) is 15.2. The van der Waals surface area contributed by atoms with Crippen molar-refractivity contribution in [3.05, 3.63) is 71.3 Å². The van der Waals surface area contributed by atoms with Crippen LogP contribution in [0.25, 0.3) is 0 Å². The lowest BCUT2D eigenvalue weighted by Crippen LogP contribution is -2.22. The minimum absolute atomic E-state index is 0.528. The van der Waals surface area contributed by atoms with Gasteiger partial charge >= 0.3 is 0 Å². The van der Waals surface area contributed by atoms with Gasteiger partial charge in [-0.2, -0.15) is 5.26 Å². The third-order valence-corrected chi connectivity index (χ3v) is 3.42. The van der Waals surface area contributed by atoms with Crippen molar-refractivity contribution in [3.8, 4) is 6.07 Å². The Kier molecular flexibility index (Phi) is 5.96. The molecule has 2 aromatic carbocycles. The molecule has 0 saturated carbocycles. The van der Waals surface area contributed by atoms with Crippen molar-refractivity contribution < 1.29 is 5.11 Å². The van der Waals surface area contributed by atoms with E-state index >= 15 is 0 Å². The highest BCUT2D eigenvalue weighted by Gasteiger charge is 2.06. The number of hydrogen-bond acceptors (Lipinski definition) is 3. The van der Waals surface area contributed by atoms with E-state index in [4.69, 9.17) is 5.26 Å². The zero-order valence-corrected chi connectivity index (χ0v) is 12.0. The SMILES string of the molecule is N#Cc1ccc(C(O)CNCCCc2ccccc2)cc1. The summed E-state index contributed by atoms with van der Waals surface area (Å²) in [5.41, 5.74) is 2.79. The summed E-state index contributed by atoms with van der Waals surface area (Å²) in [5, 5.41) is 22.1. The number of nitrogens with one attached hydrogen (secondary N) is 1. The molecule has 1 atom stereocenters.